The Bertz CT molecular complexity index is 665. The minimum absolute atomic E-state index is 0.0733. The van der Waals surface area contributed by atoms with Crippen molar-refractivity contribution in [3.05, 3.63) is 0 Å². The average Bonchev–Trinajstić information content (AvgIpc) is 3.48. The van der Waals surface area contributed by atoms with Crippen LogP contribution in [0.3, 0.4) is 0 Å². The van der Waals surface area contributed by atoms with Crippen molar-refractivity contribution >= 4 is 0 Å². The molecule has 5 heterocycles. The maximum Gasteiger partial charge on any atom is 0.394 e. The van der Waals surface area contributed by atoms with E-state index in [4.69, 9.17) is 9.47 Å². The molecule has 5 aliphatic heterocycles. The van der Waals surface area contributed by atoms with Crippen molar-refractivity contribution in [2.45, 2.75) is 113 Å². The number of halogens is 3. The standard InChI is InChI=1S/C23H39F3N4O3/c24-23(25,26)17-7-8-18-20-28-29-21(33-20)22(31,15-9-13-32-14-10-15)11-3-1-2-5-16-6-4-12-30(16)19(17)27-18/h15-21,27-29,31H,1-14H2/t16-,17?,18?,19?,20?,21?,22?/m0/s1. The van der Waals surface area contributed by atoms with E-state index in [9.17, 15) is 18.3 Å². The minimum atomic E-state index is -4.23. The first-order valence-electron chi connectivity index (χ1n) is 12.9. The molecule has 190 valence electrons. The van der Waals surface area contributed by atoms with E-state index in [0.29, 0.717) is 32.6 Å². The van der Waals surface area contributed by atoms with E-state index in [1.54, 1.807) is 0 Å². The number of hydrazine groups is 1. The normalized spacial score (nSPS) is 44.4. The lowest BCUT2D eigenvalue weighted by atomic mass is 9.77. The molecule has 5 saturated heterocycles. The lowest BCUT2D eigenvalue weighted by molar-refractivity contribution is -0.211. The topological polar surface area (TPSA) is 78.0 Å². The lowest BCUT2D eigenvalue weighted by Crippen LogP contribution is -2.64. The molecule has 7 atom stereocenters. The van der Waals surface area contributed by atoms with Gasteiger partial charge >= 0.3 is 6.18 Å². The molecule has 7 nitrogen and oxygen atoms in total. The number of nitrogens with zero attached hydrogens (tertiary/aromatic N) is 1. The van der Waals surface area contributed by atoms with Gasteiger partial charge in [-0.1, -0.05) is 19.3 Å². The molecule has 6 unspecified atom stereocenters. The number of hydrogen-bond acceptors (Lipinski definition) is 7. The number of aliphatic hydroxyl groups is 1. The Morgan fingerprint density at radius 2 is 1.70 bits per heavy atom. The third kappa shape index (κ3) is 4.94. The van der Waals surface area contributed by atoms with Crippen LogP contribution in [0.1, 0.15) is 70.6 Å². The molecular weight excluding hydrogens is 437 g/mol. The van der Waals surface area contributed by atoms with E-state index < -0.39 is 36.3 Å². The summed E-state index contributed by atoms with van der Waals surface area (Å²) >= 11 is 0. The molecular formula is C23H39F3N4O3. The minimum Gasteiger partial charge on any atom is -0.385 e. The van der Waals surface area contributed by atoms with E-state index in [0.717, 1.165) is 51.4 Å². The number of alkyl halides is 3. The Balaban J connectivity index is 1.39. The van der Waals surface area contributed by atoms with Crippen molar-refractivity contribution < 1.29 is 27.8 Å². The van der Waals surface area contributed by atoms with Crippen LogP contribution in [-0.2, 0) is 9.47 Å². The summed E-state index contributed by atoms with van der Waals surface area (Å²) < 4.78 is 53.8. The summed E-state index contributed by atoms with van der Waals surface area (Å²) in [5.41, 5.74) is 5.30. The van der Waals surface area contributed by atoms with Gasteiger partial charge in [-0.15, -0.1) is 0 Å². The summed E-state index contributed by atoms with van der Waals surface area (Å²) in [6, 6.07) is -0.0685. The van der Waals surface area contributed by atoms with Gasteiger partial charge < -0.3 is 14.6 Å². The van der Waals surface area contributed by atoms with E-state index >= 15 is 0 Å². The highest BCUT2D eigenvalue weighted by atomic mass is 19.4. The number of piperidine rings is 1. The summed E-state index contributed by atoms with van der Waals surface area (Å²) in [7, 11) is 0. The first-order chi connectivity index (χ1) is 15.9. The largest absolute Gasteiger partial charge is 0.394 e. The van der Waals surface area contributed by atoms with Crippen LogP contribution < -0.4 is 16.2 Å². The molecule has 10 heteroatoms. The zero-order valence-corrected chi connectivity index (χ0v) is 19.3. The Kier molecular flexibility index (Phi) is 7.24. The number of rotatable bonds is 1. The van der Waals surface area contributed by atoms with Crippen molar-refractivity contribution in [3.63, 3.8) is 0 Å². The molecule has 0 aromatic heterocycles. The number of nitrogens with one attached hydrogen (secondary N) is 3. The van der Waals surface area contributed by atoms with Gasteiger partial charge in [0.25, 0.3) is 0 Å². The van der Waals surface area contributed by atoms with E-state index in [2.05, 4.69) is 21.1 Å². The summed E-state index contributed by atoms with van der Waals surface area (Å²) in [5, 5.41) is 15.2. The highest BCUT2D eigenvalue weighted by Crippen LogP contribution is 2.42. The maximum absolute atomic E-state index is 14.0. The SMILES string of the molecule is OC1(C2CCOCC2)CCCCC[C@H]2CCCN2C2NC(CCC2C(F)(F)F)C2NNC1O2. The molecule has 0 aliphatic carbocycles. The van der Waals surface area contributed by atoms with Crippen LogP contribution in [-0.4, -0.2) is 72.2 Å². The fraction of sp³-hybridized carbons (Fsp3) is 1.00. The molecule has 5 rings (SSSR count). The summed E-state index contributed by atoms with van der Waals surface area (Å²) in [4.78, 5) is 2.09. The van der Waals surface area contributed by atoms with Crippen LogP contribution in [0.2, 0.25) is 0 Å². The predicted octanol–water partition coefficient (Wildman–Crippen LogP) is 2.61. The van der Waals surface area contributed by atoms with Gasteiger partial charge in [0.15, 0.2) is 6.23 Å². The van der Waals surface area contributed by atoms with Crippen LogP contribution in [0.15, 0.2) is 0 Å². The van der Waals surface area contributed by atoms with Gasteiger partial charge in [0, 0.05) is 25.3 Å². The second-order valence-electron chi connectivity index (χ2n) is 10.7. The van der Waals surface area contributed by atoms with Crippen LogP contribution in [0.25, 0.3) is 0 Å². The van der Waals surface area contributed by atoms with Gasteiger partial charge in [-0.2, -0.15) is 13.2 Å². The van der Waals surface area contributed by atoms with Crippen molar-refractivity contribution in [2.75, 3.05) is 19.8 Å². The average molecular weight is 477 g/mol. The molecule has 4 N–H and O–H groups in total. The summed E-state index contributed by atoms with van der Waals surface area (Å²) in [5.74, 6) is -1.30. The predicted molar refractivity (Wildman–Crippen MR) is 116 cm³/mol. The number of hydrogen-bond donors (Lipinski definition) is 4. The van der Waals surface area contributed by atoms with E-state index in [1.807, 2.05) is 0 Å². The maximum atomic E-state index is 14.0. The van der Waals surface area contributed by atoms with Crippen LogP contribution >= 0.6 is 0 Å². The van der Waals surface area contributed by atoms with Gasteiger partial charge in [0.05, 0.1) is 12.1 Å². The molecule has 33 heavy (non-hydrogen) atoms. The second-order valence-corrected chi connectivity index (χ2v) is 10.7. The molecule has 0 radical (unpaired) electrons. The first kappa shape index (κ1) is 24.2. The fourth-order valence-corrected chi connectivity index (χ4v) is 6.90. The number of fused-ring (bicyclic) bond motifs is 7. The number of ether oxygens (including phenoxy) is 2. The zero-order chi connectivity index (χ0) is 23.1. The monoisotopic (exact) mass is 476 g/mol. The van der Waals surface area contributed by atoms with Crippen molar-refractivity contribution in [1.29, 1.82) is 0 Å². The molecule has 0 aromatic carbocycles. The molecule has 5 fully saturated rings. The molecule has 5 aliphatic rings. The van der Waals surface area contributed by atoms with Crippen molar-refractivity contribution in [1.82, 2.24) is 21.1 Å². The molecule has 4 bridgehead atoms. The van der Waals surface area contributed by atoms with Crippen molar-refractivity contribution in [3.8, 4) is 0 Å². The van der Waals surface area contributed by atoms with Gasteiger partial charge in [-0.25, -0.2) is 10.9 Å². The van der Waals surface area contributed by atoms with Gasteiger partial charge in [-0.3, -0.25) is 10.2 Å². The third-order valence-corrected chi connectivity index (χ3v) is 8.76. The first-order valence-corrected chi connectivity index (χ1v) is 12.9. The van der Waals surface area contributed by atoms with Gasteiger partial charge in [0.1, 0.15) is 11.8 Å². The fourth-order valence-electron chi connectivity index (χ4n) is 6.90. The Hall–Kier alpha value is -0.490. The molecule has 0 aromatic rings. The Morgan fingerprint density at radius 1 is 0.909 bits per heavy atom. The van der Waals surface area contributed by atoms with E-state index in [-0.39, 0.29) is 24.4 Å². The Morgan fingerprint density at radius 3 is 2.48 bits per heavy atom. The molecule has 0 spiro atoms. The van der Waals surface area contributed by atoms with Crippen molar-refractivity contribution in [2.24, 2.45) is 11.8 Å². The smallest absolute Gasteiger partial charge is 0.385 e. The highest BCUT2D eigenvalue weighted by Gasteiger charge is 2.54. The second kappa shape index (κ2) is 9.87. The lowest BCUT2D eigenvalue weighted by Gasteiger charge is -2.46. The van der Waals surface area contributed by atoms with Gasteiger partial charge in [-0.05, 0) is 63.8 Å². The molecule has 0 amide bonds. The quantitative estimate of drug-likeness (QED) is 0.464. The van der Waals surface area contributed by atoms with Crippen LogP contribution in [0, 0.1) is 11.8 Å². The Labute approximate surface area is 194 Å². The van der Waals surface area contributed by atoms with Crippen LogP contribution in [0.5, 0.6) is 0 Å². The highest BCUT2D eigenvalue weighted by molar-refractivity contribution is 5.00. The van der Waals surface area contributed by atoms with Crippen LogP contribution in [0.4, 0.5) is 13.2 Å². The zero-order valence-electron chi connectivity index (χ0n) is 19.3. The third-order valence-electron chi connectivity index (χ3n) is 8.76. The summed E-state index contributed by atoms with van der Waals surface area (Å²) in [6.07, 6.45) is 2.30. The van der Waals surface area contributed by atoms with Gasteiger partial charge in [0.2, 0.25) is 0 Å². The summed E-state index contributed by atoms with van der Waals surface area (Å²) in [6.45, 7) is 1.99. The van der Waals surface area contributed by atoms with E-state index in [1.165, 1.54) is 0 Å². The molecule has 0 saturated carbocycles.